The number of hydrogen-bond acceptors (Lipinski definition) is 5. The first-order chi connectivity index (χ1) is 8.74. The van der Waals surface area contributed by atoms with Crippen LogP contribution in [0.5, 0.6) is 17.5 Å². The number of carboxylic acids is 1. The quantitative estimate of drug-likeness (QED) is 0.865. The van der Waals surface area contributed by atoms with Gasteiger partial charge in [-0.1, -0.05) is 0 Å². The molecular weight excluding hydrogens is 236 g/mol. The molecule has 1 aromatic heterocycles. The molecule has 0 saturated carbocycles. The van der Waals surface area contributed by atoms with Crippen LogP contribution in [0.25, 0.3) is 0 Å². The van der Waals surface area contributed by atoms with Crippen LogP contribution in [0, 0.1) is 0 Å². The molecule has 0 fully saturated rings. The molecule has 2 rings (SSSR count). The molecule has 0 aliphatic carbocycles. The van der Waals surface area contributed by atoms with Crippen LogP contribution in [0.3, 0.4) is 0 Å². The predicted molar refractivity (Wildman–Crippen MR) is 61.7 cm³/mol. The zero-order chi connectivity index (χ0) is 12.8. The fourth-order valence-electron chi connectivity index (χ4n) is 1.19. The Kier molecular flexibility index (Phi) is 3.70. The van der Waals surface area contributed by atoms with Crippen LogP contribution in [0.1, 0.15) is 0 Å². The van der Waals surface area contributed by atoms with E-state index in [-0.39, 0.29) is 12.6 Å². The van der Waals surface area contributed by atoms with Gasteiger partial charge in [0.25, 0.3) is 0 Å². The van der Waals surface area contributed by atoms with Crippen molar-refractivity contribution in [3.05, 3.63) is 42.7 Å². The maximum atomic E-state index is 10.3. The zero-order valence-corrected chi connectivity index (χ0v) is 9.31. The van der Waals surface area contributed by atoms with Crippen LogP contribution in [0.2, 0.25) is 0 Å². The minimum atomic E-state index is -1.02. The van der Waals surface area contributed by atoms with Crippen LogP contribution in [-0.2, 0) is 4.79 Å². The predicted octanol–water partition coefficient (Wildman–Crippen LogP) is 1.73. The number of rotatable bonds is 5. The van der Waals surface area contributed by atoms with Gasteiger partial charge in [-0.25, -0.2) is 14.8 Å². The van der Waals surface area contributed by atoms with Crippen molar-refractivity contribution in [3.8, 4) is 17.5 Å². The number of aliphatic carboxylic acids is 1. The molecule has 0 bridgehead atoms. The standard InChI is InChI=1S/C12H10N2O4/c15-11(16)8-17-9-2-4-10(5-3-9)18-12-13-6-1-7-14-12/h1-7H,8H2,(H,15,16). The van der Waals surface area contributed by atoms with Crippen molar-refractivity contribution in [2.24, 2.45) is 0 Å². The van der Waals surface area contributed by atoms with E-state index in [0.717, 1.165) is 0 Å². The number of carboxylic acid groups (broad SMARTS) is 1. The lowest BCUT2D eigenvalue weighted by Crippen LogP contribution is -2.09. The molecule has 0 amide bonds. The average Bonchev–Trinajstić information content (AvgIpc) is 2.39. The summed E-state index contributed by atoms with van der Waals surface area (Å²) < 4.78 is 10.4. The minimum absolute atomic E-state index is 0.247. The summed E-state index contributed by atoms with van der Waals surface area (Å²) >= 11 is 0. The molecule has 18 heavy (non-hydrogen) atoms. The molecule has 0 unspecified atom stereocenters. The van der Waals surface area contributed by atoms with Gasteiger partial charge in [0.1, 0.15) is 11.5 Å². The van der Waals surface area contributed by atoms with Crippen molar-refractivity contribution in [2.45, 2.75) is 0 Å². The Labute approximate surface area is 103 Å². The van der Waals surface area contributed by atoms with Crippen molar-refractivity contribution < 1.29 is 19.4 Å². The van der Waals surface area contributed by atoms with Gasteiger partial charge in [-0.05, 0) is 30.3 Å². The van der Waals surface area contributed by atoms with Gasteiger partial charge in [-0.3, -0.25) is 0 Å². The van der Waals surface area contributed by atoms with Gasteiger partial charge >= 0.3 is 12.0 Å². The summed E-state index contributed by atoms with van der Waals surface area (Å²) in [5, 5.41) is 8.46. The molecule has 0 radical (unpaired) electrons. The lowest BCUT2D eigenvalue weighted by molar-refractivity contribution is -0.139. The first kappa shape index (κ1) is 11.8. The molecule has 0 aliphatic heterocycles. The Morgan fingerprint density at radius 2 is 1.72 bits per heavy atom. The summed E-state index contributed by atoms with van der Waals surface area (Å²) in [6, 6.07) is 8.45. The molecule has 0 spiro atoms. The summed E-state index contributed by atoms with van der Waals surface area (Å²) in [4.78, 5) is 18.1. The molecule has 0 aliphatic rings. The minimum Gasteiger partial charge on any atom is -0.482 e. The number of nitrogens with zero attached hydrogens (tertiary/aromatic N) is 2. The Balaban J connectivity index is 1.97. The first-order valence-corrected chi connectivity index (χ1v) is 5.13. The highest BCUT2D eigenvalue weighted by atomic mass is 16.5. The maximum absolute atomic E-state index is 10.3. The first-order valence-electron chi connectivity index (χ1n) is 5.13. The van der Waals surface area contributed by atoms with Gasteiger partial charge < -0.3 is 14.6 Å². The van der Waals surface area contributed by atoms with Crippen LogP contribution in [0.15, 0.2) is 42.7 Å². The van der Waals surface area contributed by atoms with E-state index in [1.807, 2.05) is 0 Å². The van der Waals surface area contributed by atoms with Crippen LogP contribution in [-0.4, -0.2) is 27.7 Å². The highest BCUT2D eigenvalue weighted by Crippen LogP contribution is 2.20. The Bertz CT molecular complexity index is 513. The third kappa shape index (κ3) is 3.44. The summed E-state index contributed by atoms with van der Waals surface area (Å²) in [5.74, 6) is -0.0179. The second kappa shape index (κ2) is 5.62. The van der Waals surface area contributed by atoms with Crippen LogP contribution >= 0.6 is 0 Å². The Hall–Kier alpha value is -2.63. The molecule has 6 nitrogen and oxygen atoms in total. The smallest absolute Gasteiger partial charge is 0.341 e. The van der Waals surface area contributed by atoms with Crippen LogP contribution in [0.4, 0.5) is 0 Å². The number of ether oxygens (including phenoxy) is 2. The van der Waals surface area contributed by atoms with Crippen molar-refractivity contribution in [3.63, 3.8) is 0 Å². The van der Waals surface area contributed by atoms with E-state index in [1.165, 1.54) is 0 Å². The third-order valence-electron chi connectivity index (χ3n) is 1.94. The largest absolute Gasteiger partial charge is 0.482 e. The van der Waals surface area contributed by atoms with E-state index in [0.29, 0.717) is 11.5 Å². The lowest BCUT2D eigenvalue weighted by Gasteiger charge is -2.05. The van der Waals surface area contributed by atoms with Gasteiger partial charge in [0.05, 0.1) is 0 Å². The lowest BCUT2D eigenvalue weighted by atomic mass is 10.3. The molecule has 1 N–H and O–H groups in total. The maximum Gasteiger partial charge on any atom is 0.341 e. The highest BCUT2D eigenvalue weighted by Gasteiger charge is 2.01. The number of hydrogen-bond donors (Lipinski definition) is 1. The normalized spacial score (nSPS) is 9.78. The van der Waals surface area contributed by atoms with Gasteiger partial charge in [0.15, 0.2) is 6.61 Å². The second-order valence-corrected chi connectivity index (χ2v) is 3.29. The van der Waals surface area contributed by atoms with Gasteiger partial charge in [0, 0.05) is 12.4 Å². The fourth-order valence-corrected chi connectivity index (χ4v) is 1.19. The molecular formula is C12H10N2O4. The molecule has 0 atom stereocenters. The van der Waals surface area contributed by atoms with E-state index >= 15 is 0 Å². The van der Waals surface area contributed by atoms with E-state index in [4.69, 9.17) is 14.6 Å². The SMILES string of the molecule is O=C(O)COc1ccc(Oc2ncccn2)cc1. The highest BCUT2D eigenvalue weighted by molar-refractivity contribution is 5.68. The summed E-state index contributed by atoms with van der Waals surface area (Å²) in [5.41, 5.74) is 0. The topological polar surface area (TPSA) is 81.5 Å². The van der Waals surface area contributed by atoms with Crippen molar-refractivity contribution >= 4 is 5.97 Å². The summed E-state index contributed by atoms with van der Waals surface area (Å²) in [6.45, 7) is -0.373. The third-order valence-corrected chi connectivity index (χ3v) is 1.94. The van der Waals surface area contributed by atoms with Gasteiger partial charge in [-0.15, -0.1) is 0 Å². The van der Waals surface area contributed by atoms with Crippen molar-refractivity contribution in [2.75, 3.05) is 6.61 Å². The Morgan fingerprint density at radius 3 is 2.33 bits per heavy atom. The van der Waals surface area contributed by atoms with E-state index in [9.17, 15) is 4.79 Å². The molecule has 1 heterocycles. The number of benzene rings is 1. The summed E-state index contributed by atoms with van der Waals surface area (Å²) in [6.07, 6.45) is 3.15. The summed E-state index contributed by atoms with van der Waals surface area (Å²) in [7, 11) is 0. The molecule has 92 valence electrons. The number of carbonyl (C=O) groups is 1. The fraction of sp³-hybridized carbons (Fsp3) is 0.0833. The van der Waals surface area contributed by atoms with E-state index in [1.54, 1.807) is 42.7 Å². The van der Waals surface area contributed by atoms with E-state index < -0.39 is 5.97 Å². The molecule has 0 saturated heterocycles. The zero-order valence-electron chi connectivity index (χ0n) is 9.31. The Morgan fingerprint density at radius 1 is 1.11 bits per heavy atom. The molecule has 2 aromatic rings. The van der Waals surface area contributed by atoms with Gasteiger partial charge in [-0.2, -0.15) is 0 Å². The van der Waals surface area contributed by atoms with Crippen LogP contribution < -0.4 is 9.47 Å². The molecule has 6 heteroatoms. The second-order valence-electron chi connectivity index (χ2n) is 3.29. The average molecular weight is 246 g/mol. The van der Waals surface area contributed by atoms with Gasteiger partial charge in [0.2, 0.25) is 0 Å². The molecule has 1 aromatic carbocycles. The van der Waals surface area contributed by atoms with E-state index in [2.05, 4.69) is 9.97 Å². The number of aromatic nitrogens is 2. The van der Waals surface area contributed by atoms with Crippen molar-refractivity contribution in [1.82, 2.24) is 9.97 Å². The monoisotopic (exact) mass is 246 g/mol. The van der Waals surface area contributed by atoms with Crippen molar-refractivity contribution in [1.29, 1.82) is 0 Å².